The van der Waals surface area contributed by atoms with Crippen LogP contribution in [0, 0.1) is 18.2 Å². The van der Waals surface area contributed by atoms with Gasteiger partial charge in [-0.2, -0.15) is 0 Å². The van der Waals surface area contributed by atoms with Crippen molar-refractivity contribution in [2.24, 2.45) is 0 Å². The summed E-state index contributed by atoms with van der Waals surface area (Å²) in [5.41, 5.74) is 0.571. The Kier molecular flexibility index (Phi) is 5.76. The molecular weight excluding hydrogens is 225 g/mol. The molecule has 4 heteroatoms. The molecular formula is C12H14FNOS. The van der Waals surface area contributed by atoms with E-state index >= 15 is 0 Å². The van der Waals surface area contributed by atoms with Gasteiger partial charge in [-0.3, -0.25) is 0 Å². The van der Waals surface area contributed by atoms with Crippen LogP contribution in [0.5, 0.6) is 5.75 Å². The quantitative estimate of drug-likeness (QED) is 0.588. The third-order valence-electron chi connectivity index (χ3n) is 1.99. The summed E-state index contributed by atoms with van der Waals surface area (Å²) < 4.78 is 13.0. The monoisotopic (exact) mass is 239 g/mol. The number of terminal acetylenes is 1. The van der Waals surface area contributed by atoms with Crippen molar-refractivity contribution in [3.63, 3.8) is 0 Å². The summed E-state index contributed by atoms with van der Waals surface area (Å²) in [6.45, 7) is 1.24. The maximum absolute atomic E-state index is 13.0. The summed E-state index contributed by atoms with van der Waals surface area (Å²) >= 11 is 1.66. The van der Waals surface area contributed by atoms with Crippen LogP contribution >= 0.6 is 11.8 Å². The summed E-state index contributed by atoms with van der Waals surface area (Å²) in [4.78, 5) is 0. The Labute approximate surface area is 99.3 Å². The second-order valence-corrected chi connectivity index (χ2v) is 4.29. The van der Waals surface area contributed by atoms with Crippen molar-refractivity contribution < 1.29 is 9.50 Å². The van der Waals surface area contributed by atoms with Crippen LogP contribution in [0.4, 0.5) is 4.39 Å². The molecule has 0 unspecified atom stereocenters. The van der Waals surface area contributed by atoms with Crippen molar-refractivity contribution >= 4 is 11.8 Å². The van der Waals surface area contributed by atoms with Crippen molar-refractivity contribution in [3.8, 4) is 18.1 Å². The van der Waals surface area contributed by atoms with Gasteiger partial charge in [0.25, 0.3) is 0 Å². The van der Waals surface area contributed by atoms with Crippen LogP contribution in [-0.2, 0) is 6.54 Å². The molecule has 0 bridgehead atoms. The molecule has 0 atom stereocenters. The summed E-state index contributed by atoms with van der Waals surface area (Å²) in [5.74, 6) is 3.29. The van der Waals surface area contributed by atoms with Gasteiger partial charge < -0.3 is 10.4 Å². The Balaban J connectivity index is 2.27. The molecule has 0 heterocycles. The highest BCUT2D eigenvalue weighted by atomic mass is 32.2. The number of phenols is 1. The topological polar surface area (TPSA) is 32.3 Å². The van der Waals surface area contributed by atoms with E-state index in [2.05, 4.69) is 11.2 Å². The molecule has 0 aliphatic carbocycles. The normalized spacial score (nSPS) is 10.0. The standard InChI is InChI=1S/C12H14FNOS/c1-2-7-16-8-6-14-9-10-4-3-5-11(13)12(10)15/h1,3-5,14-15H,6-9H2. The van der Waals surface area contributed by atoms with Crippen LogP contribution in [0.2, 0.25) is 0 Å². The van der Waals surface area contributed by atoms with E-state index in [1.54, 1.807) is 23.9 Å². The molecule has 0 amide bonds. The molecule has 0 saturated carbocycles. The molecule has 0 fully saturated rings. The van der Waals surface area contributed by atoms with Crippen molar-refractivity contribution in [1.29, 1.82) is 0 Å². The Morgan fingerprint density at radius 1 is 1.50 bits per heavy atom. The predicted octanol–water partition coefficient (Wildman–Crippen LogP) is 1.99. The minimum absolute atomic E-state index is 0.272. The fourth-order valence-electron chi connectivity index (χ4n) is 1.20. The maximum atomic E-state index is 13.0. The van der Waals surface area contributed by atoms with Crippen molar-refractivity contribution in [3.05, 3.63) is 29.6 Å². The average molecular weight is 239 g/mol. The SMILES string of the molecule is C#CCSCCNCc1cccc(F)c1O. The van der Waals surface area contributed by atoms with E-state index < -0.39 is 5.82 Å². The molecule has 0 saturated heterocycles. The van der Waals surface area contributed by atoms with E-state index in [1.807, 2.05) is 0 Å². The first kappa shape index (κ1) is 12.9. The summed E-state index contributed by atoms with van der Waals surface area (Å²) in [6.07, 6.45) is 5.10. The van der Waals surface area contributed by atoms with Gasteiger partial charge >= 0.3 is 0 Å². The number of nitrogens with one attached hydrogen (secondary N) is 1. The number of benzene rings is 1. The lowest BCUT2D eigenvalue weighted by atomic mass is 10.2. The third kappa shape index (κ3) is 4.13. The number of rotatable bonds is 6. The number of thioether (sulfide) groups is 1. The molecule has 1 aromatic carbocycles. The zero-order valence-corrected chi connectivity index (χ0v) is 9.69. The Morgan fingerprint density at radius 3 is 3.06 bits per heavy atom. The second kappa shape index (κ2) is 7.15. The Hall–Kier alpha value is -1.18. The molecule has 2 N–H and O–H groups in total. The molecule has 16 heavy (non-hydrogen) atoms. The number of aromatic hydroxyl groups is 1. The molecule has 0 aliphatic rings. The third-order valence-corrected chi connectivity index (χ3v) is 2.86. The predicted molar refractivity (Wildman–Crippen MR) is 65.9 cm³/mol. The first-order valence-corrected chi connectivity index (χ1v) is 6.09. The number of phenolic OH excluding ortho intramolecular Hbond substituents is 1. The van der Waals surface area contributed by atoms with Crippen LogP contribution in [0.1, 0.15) is 5.56 Å². The minimum Gasteiger partial charge on any atom is -0.505 e. The number of para-hydroxylation sites is 1. The fourth-order valence-corrected chi connectivity index (χ4v) is 1.75. The van der Waals surface area contributed by atoms with Crippen LogP contribution in [0.15, 0.2) is 18.2 Å². The molecule has 0 aromatic heterocycles. The summed E-state index contributed by atoms with van der Waals surface area (Å²) in [7, 11) is 0. The number of halogens is 1. The highest BCUT2D eigenvalue weighted by Gasteiger charge is 2.04. The molecule has 2 nitrogen and oxygen atoms in total. The maximum Gasteiger partial charge on any atom is 0.165 e. The van der Waals surface area contributed by atoms with Gasteiger partial charge in [0.1, 0.15) is 0 Å². The van der Waals surface area contributed by atoms with Gasteiger partial charge in [0.05, 0.1) is 5.75 Å². The van der Waals surface area contributed by atoms with E-state index in [-0.39, 0.29) is 5.75 Å². The smallest absolute Gasteiger partial charge is 0.165 e. The van der Waals surface area contributed by atoms with Crippen LogP contribution in [0.25, 0.3) is 0 Å². The fraction of sp³-hybridized carbons (Fsp3) is 0.333. The van der Waals surface area contributed by atoms with Gasteiger partial charge in [0.2, 0.25) is 0 Å². The minimum atomic E-state index is -0.582. The zero-order chi connectivity index (χ0) is 11.8. The highest BCUT2D eigenvalue weighted by molar-refractivity contribution is 7.99. The second-order valence-electron chi connectivity index (χ2n) is 3.18. The first-order valence-electron chi connectivity index (χ1n) is 4.94. The van der Waals surface area contributed by atoms with E-state index in [9.17, 15) is 9.50 Å². The lowest BCUT2D eigenvalue weighted by molar-refractivity contribution is 0.423. The van der Waals surface area contributed by atoms with Crippen molar-refractivity contribution in [2.75, 3.05) is 18.1 Å². The van der Waals surface area contributed by atoms with Crippen LogP contribution < -0.4 is 5.32 Å². The van der Waals surface area contributed by atoms with Crippen molar-refractivity contribution in [2.45, 2.75) is 6.54 Å². The van der Waals surface area contributed by atoms with Gasteiger partial charge in [-0.25, -0.2) is 4.39 Å². The van der Waals surface area contributed by atoms with Gasteiger partial charge in [0, 0.05) is 24.4 Å². The summed E-state index contributed by atoms with van der Waals surface area (Å²) in [5, 5.41) is 12.5. The van der Waals surface area contributed by atoms with Gasteiger partial charge in [-0.1, -0.05) is 18.1 Å². The molecule has 1 aromatic rings. The molecule has 1 rings (SSSR count). The summed E-state index contributed by atoms with van der Waals surface area (Å²) in [6, 6.07) is 4.51. The molecule has 0 spiro atoms. The van der Waals surface area contributed by atoms with Crippen molar-refractivity contribution in [1.82, 2.24) is 5.32 Å². The zero-order valence-electron chi connectivity index (χ0n) is 8.87. The van der Waals surface area contributed by atoms with E-state index in [0.29, 0.717) is 17.9 Å². The lowest BCUT2D eigenvalue weighted by Gasteiger charge is -2.06. The van der Waals surface area contributed by atoms with Crippen LogP contribution in [0.3, 0.4) is 0 Å². The van der Waals surface area contributed by atoms with Gasteiger partial charge in [-0.15, -0.1) is 18.2 Å². The number of hydrogen-bond donors (Lipinski definition) is 2. The molecule has 0 radical (unpaired) electrons. The molecule has 0 aliphatic heterocycles. The van der Waals surface area contributed by atoms with E-state index in [0.717, 1.165) is 12.3 Å². The van der Waals surface area contributed by atoms with Crippen LogP contribution in [-0.4, -0.2) is 23.2 Å². The highest BCUT2D eigenvalue weighted by Crippen LogP contribution is 2.20. The van der Waals surface area contributed by atoms with Gasteiger partial charge in [0.15, 0.2) is 11.6 Å². The lowest BCUT2D eigenvalue weighted by Crippen LogP contribution is -2.16. The van der Waals surface area contributed by atoms with E-state index in [1.165, 1.54) is 6.07 Å². The van der Waals surface area contributed by atoms with E-state index in [4.69, 9.17) is 6.42 Å². The first-order chi connectivity index (χ1) is 7.75. The largest absolute Gasteiger partial charge is 0.505 e. The Morgan fingerprint density at radius 2 is 2.31 bits per heavy atom. The molecule has 86 valence electrons. The number of hydrogen-bond acceptors (Lipinski definition) is 3. The average Bonchev–Trinajstić information content (AvgIpc) is 2.29. The van der Waals surface area contributed by atoms with Gasteiger partial charge in [-0.05, 0) is 6.07 Å². The Bertz CT molecular complexity index is 376.